The molecule has 2 amide bonds. The molecule has 6 heteroatoms. The second-order valence-corrected chi connectivity index (χ2v) is 7.82. The molecule has 2 heterocycles. The van der Waals surface area contributed by atoms with Gasteiger partial charge in [0.1, 0.15) is 0 Å². The van der Waals surface area contributed by atoms with Gasteiger partial charge in [-0.05, 0) is 38.2 Å². The summed E-state index contributed by atoms with van der Waals surface area (Å²) in [7, 11) is 1.89. The number of carbonyl (C=O) groups is 2. The van der Waals surface area contributed by atoms with Crippen molar-refractivity contribution in [1.82, 2.24) is 20.0 Å². The molecule has 150 valence electrons. The summed E-state index contributed by atoms with van der Waals surface area (Å²) >= 11 is 0. The average Bonchev–Trinajstić information content (AvgIpc) is 3.01. The largest absolute Gasteiger partial charge is 0.349 e. The maximum atomic E-state index is 12.5. The van der Waals surface area contributed by atoms with Gasteiger partial charge in [0.05, 0.1) is 18.2 Å². The highest BCUT2D eigenvalue weighted by Crippen LogP contribution is 2.22. The fraction of sp³-hybridized carbons (Fsp3) is 0.500. The third-order valence-corrected chi connectivity index (χ3v) is 5.53. The van der Waals surface area contributed by atoms with Crippen molar-refractivity contribution in [1.29, 1.82) is 0 Å². The lowest BCUT2D eigenvalue weighted by Gasteiger charge is -2.32. The molecule has 0 radical (unpaired) electrons. The number of hydrogen-bond donors (Lipinski definition) is 1. The number of aromatic nitrogens is 2. The molecule has 0 aliphatic carbocycles. The van der Waals surface area contributed by atoms with Crippen LogP contribution in [-0.4, -0.2) is 39.6 Å². The fourth-order valence-electron chi connectivity index (χ4n) is 3.95. The lowest BCUT2D eigenvalue weighted by Crippen LogP contribution is -2.40. The lowest BCUT2D eigenvalue weighted by molar-refractivity contribution is -0.132. The molecule has 0 spiro atoms. The zero-order chi connectivity index (χ0) is 20.1. The van der Waals surface area contributed by atoms with Gasteiger partial charge in [0.2, 0.25) is 11.8 Å². The molecule has 0 saturated carbocycles. The quantitative estimate of drug-likeness (QED) is 0.835. The van der Waals surface area contributed by atoms with Crippen LogP contribution in [0.2, 0.25) is 0 Å². The molecule has 1 aromatic carbocycles. The van der Waals surface area contributed by atoms with Crippen molar-refractivity contribution in [2.45, 2.75) is 45.6 Å². The smallest absolute Gasteiger partial charge is 0.226 e. The van der Waals surface area contributed by atoms with E-state index in [-0.39, 0.29) is 17.9 Å². The molecular weight excluding hydrogens is 352 g/mol. The van der Waals surface area contributed by atoms with Crippen LogP contribution in [0.1, 0.15) is 49.0 Å². The predicted octanol–water partition coefficient (Wildman–Crippen LogP) is 2.78. The topological polar surface area (TPSA) is 67.2 Å². The van der Waals surface area contributed by atoms with Crippen LogP contribution in [-0.2, 0) is 23.1 Å². The SMILES string of the molecule is Cc1nn(C)cc1C(C)NC(=O)CC1CCN(C(=O)Cc2ccccc2)CC1. The monoisotopic (exact) mass is 382 g/mol. The van der Waals surface area contributed by atoms with E-state index in [0.717, 1.165) is 42.8 Å². The first-order valence-electron chi connectivity index (χ1n) is 10.0. The van der Waals surface area contributed by atoms with Crippen LogP contribution >= 0.6 is 0 Å². The number of hydrogen-bond acceptors (Lipinski definition) is 3. The van der Waals surface area contributed by atoms with Gasteiger partial charge in [-0.3, -0.25) is 14.3 Å². The van der Waals surface area contributed by atoms with Gasteiger partial charge in [0, 0.05) is 38.3 Å². The van der Waals surface area contributed by atoms with Crippen LogP contribution in [0.25, 0.3) is 0 Å². The van der Waals surface area contributed by atoms with Crippen LogP contribution in [0.4, 0.5) is 0 Å². The molecule has 28 heavy (non-hydrogen) atoms. The molecule has 1 unspecified atom stereocenters. The van der Waals surface area contributed by atoms with E-state index in [1.807, 2.05) is 62.3 Å². The Morgan fingerprint density at radius 2 is 1.89 bits per heavy atom. The Morgan fingerprint density at radius 3 is 2.50 bits per heavy atom. The van der Waals surface area contributed by atoms with Crippen LogP contribution in [0.15, 0.2) is 36.5 Å². The summed E-state index contributed by atoms with van der Waals surface area (Å²) in [6.07, 6.45) is 4.69. The molecule has 1 aromatic heterocycles. The first-order chi connectivity index (χ1) is 13.4. The van der Waals surface area contributed by atoms with Gasteiger partial charge in [0.15, 0.2) is 0 Å². The van der Waals surface area contributed by atoms with Crippen LogP contribution in [0.5, 0.6) is 0 Å². The van der Waals surface area contributed by atoms with E-state index in [9.17, 15) is 9.59 Å². The molecule has 6 nitrogen and oxygen atoms in total. The summed E-state index contributed by atoms with van der Waals surface area (Å²) in [6.45, 7) is 5.43. The lowest BCUT2D eigenvalue weighted by atomic mass is 9.92. The van der Waals surface area contributed by atoms with Crippen molar-refractivity contribution >= 4 is 11.8 Å². The first kappa shape index (κ1) is 20.1. The van der Waals surface area contributed by atoms with E-state index in [1.54, 1.807) is 4.68 Å². The number of nitrogens with one attached hydrogen (secondary N) is 1. The number of likely N-dealkylation sites (tertiary alicyclic amines) is 1. The van der Waals surface area contributed by atoms with E-state index < -0.39 is 0 Å². The highest BCUT2D eigenvalue weighted by molar-refractivity contribution is 5.79. The maximum absolute atomic E-state index is 12.5. The van der Waals surface area contributed by atoms with Crippen molar-refractivity contribution < 1.29 is 9.59 Å². The molecule has 1 fully saturated rings. The highest BCUT2D eigenvalue weighted by Gasteiger charge is 2.25. The first-order valence-corrected chi connectivity index (χ1v) is 10.0. The van der Waals surface area contributed by atoms with E-state index in [0.29, 0.717) is 18.8 Å². The minimum absolute atomic E-state index is 0.0475. The second-order valence-electron chi connectivity index (χ2n) is 7.82. The van der Waals surface area contributed by atoms with Gasteiger partial charge < -0.3 is 10.2 Å². The van der Waals surface area contributed by atoms with Gasteiger partial charge >= 0.3 is 0 Å². The average molecular weight is 383 g/mol. The number of benzene rings is 1. The van der Waals surface area contributed by atoms with Gasteiger partial charge in [0.25, 0.3) is 0 Å². The summed E-state index contributed by atoms with van der Waals surface area (Å²) in [5, 5.41) is 7.43. The van der Waals surface area contributed by atoms with Crippen molar-refractivity contribution in [3.8, 4) is 0 Å². The molecule has 1 aliphatic rings. The van der Waals surface area contributed by atoms with E-state index in [2.05, 4.69) is 10.4 Å². The van der Waals surface area contributed by atoms with Crippen molar-refractivity contribution in [3.63, 3.8) is 0 Å². The van der Waals surface area contributed by atoms with Crippen LogP contribution < -0.4 is 5.32 Å². The number of nitrogens with zero attached hydrogens (tertiary/aromatic N) is 3. The normalized spacial score (nSPS) is 16.0. The molecule has 0 bridgehead atoms. The number of amides is 2. The van der Waals surface area contributed by atoms with Crippen LogP contribution in [0, 0.1) is 12.8 Å². The number of carbonyl (C=O) groups excluding carboxylic acids is 2. The summed E-state index contributed by atoms with van der Waals surface area (Å²) in [6, 6.07) is 9.80. The summed E-state index contributed by atoms with van der Waals surface area (Å²) in [4.78, 5) is 26.9. The zero-order valence-corrected chi connectivity index (χ0v) is 17.0. The molecule has 1 N–H and O–H groups in total. The summed E-state index contributed by atoms with van der Waals surface area (Å²) in [5.74, 6) is 0.586. The molecule has 2 aromatic rings. The molecule has 1 saturated heterocycles. The Hall–Kier alpha value is -2.63. The number of rotatable bonds is 6. The van der Waals surface area contributed by atoms with Crippen molar-refractivity contribution in [2.75, 3.05) is 13.1 Å². The molecular formula is C22H30N4O2. The summed E-state index contributed by atoms with van der Waals surface area (Å²) in [5.41, 5.74) is 3.05. The number of piperidine rings is 1. The molecule has 1 atom stereocenters. The third-order valence-electron chi connectivity index (χ3n) is 5.53. The number of aryl methyl sites for hydroxylation is 2. The second kappa shape index (κ2) is 9.04. The van der Waals surface area contributed by atoms with Crippen molar-refractivity contribution in [3.05, 3.63) is 53.3 Å². The van der Waals surface area contributed by atoms with Gasteiger partial charge in [-0.2, -0.15) is 5.10 Å². The predicted molar refractivity (Wildman–Crippen MR) is 109 cm³/mol. The van der Waals surface area contributed by atoms with E-state index in [4.69, 9.17) is 0 Å². The van der Waals surface area contributed by atoms with Gasteiger partial charge in [-0.15, -0.1) is 0 Å². The highest BCUT2D eigenvalue weighted by atomic mass is 16.2. The minimum Gasteiger partial charge on any atom is -0.349 e. The Morgan fingerprint density at radius 1 is 1.21 bits per heavy atom. The Balaban J connectivity index is 1.43. The van der Waals surface area contributed by atoms with Crippen molar-refractivity contribution in [2.24, 2.45) is 13.0 Å². The molecule has 3 rings (SSSR count). The van der Waals surface area contributed by atoms with E-state index in [1.165, 1.54) is 0 Å². The Bertz CT molecular complexity index is 807. The summed E-state index contributed by atoms with van der Waals surface area (Å²) < 4.78 is 1.77. The molecule has 1 aliphatic heterocycles. The maximum Gasteiger partial charge on any atom is 0.226 e. The van der Waals surface area contributed by atoms with E-state index >= 15 is 0 Å². The Labute approximate surface area is 166 Å². The zero-order valence-electron chi connectivity index (χ0n) is 17.0. The van der Waals surface area contributed by atoms with Gasteiger partial charge in [-0.1, -0.05) is 30.3 Å². The van der Waals surface area contributed by atoms with Crippen LogP contribution in [0.3, 0.4) is 0 Å². The standard InChI is InChI=1S/C22H30N4O2/c1-16(20-15-25(3)24-17(20)2)23-21(27)13-19-9-11-26(12-10-19)22(28)14-18-7-5-4-6-8-18/h4-8,15-16,19H,9-14H2,1-3H3,(H,23,27). The van der Waals surface area contributed by atoms with Gasteiger partial charge in [-0.25, -0.2) is 0 Å². The minimum atomic E-state index is -0.0475. The third kappa shape index (κ3) is 5.21. The fourth-order valence-corrected chi connectivity index (χ4v) is 3.95. The Kier molecular flexibility index (Phi) is 6.49.